The third-order valence-corrected chi connectivity index (χ3v) is 4.58. The third-order valence-electron chi connectivity index (χ3n) is 4.58. The molecule has 21 heavy (non-hydrogen) atoms. The number of ether oxygens (including phenoxy) is 1. The molecule has 1 aromatic carbocycles. The van der Waals surface area contributed by atoms with Gasteiger partial charge in [-0.05, 0) is 36.4 Å². The molecule has 0 bridgehead atoms. The van der Waals surface area contributed by atoms with Crippen molar-refractivity contribution < 1.29 is 4.74 Å². The second kappa shape index (κ2) is 7.42. The molecule has 2 nitrogen and oxygen atoms in total. The van der Waals surface area contributed by atoms with E-state index in [1.165, 1.54) is 43.2 Å². The summed E-state index contributed by atoms with van der Waals surface area (Å²) in [6.45, 7) is 7.53. The van der Waals surface area contributed by atoms with Crippen LogP contribution >= 0.6 is 0 Å². The van der Waals surface area contributed by atoms with Crippen molar-refractivity contribution in [3.8, 4) is 0 Å². The van der Waals surface area contributed by atoms with E-state index in [9.17, 15) is 0 Å². The van der Waals surface area contributed by atoms with Crippen LogP contribution in [-0.4, -0.2) is 19.8 Å². The van der Waals surface area contributed by atoms with Gasteiger partial charge >= 0.3 is 0 Å². The SMILES string of the molecule is CNC(COC1CCCCC1)c1ccc(C(C)(C)C)cc1. The first kappa shape index (κ1) is 16.5. The standard InChI is InChI=1S/C19H31NO/c1-19(2,3)16-12-10-15(11-13-16)18(20-4)14-21-17-8-6-5-7-9-17/h10-13,17-18,20H,5-9,14H2,1-4H3. The van der Waals surface area contributed by atoms with Gasteiger partial charge in [-0.2, -0.15) is 0 Å². The molecule has 1 aliphatic carbocycles. The van der Waals surface area contributed by atoms with Gasteiger partial charge in [-0.15, -0.1) is 0 Å². The van der Waals surface area contributed by atoms with Crippen LogP contribution < -0.4 is 5.32 Å². The van der Waals surface area contributed by atoms with Crippen LogP contribution in [0.1, 0.15) is 70.0 Å². The van der Waals surface area contributed by atoms with Crippen LogP contribution in [0.5, 0.6) is 0 Å². The second-order valence-electron chi connectivity index (χ2n) is 7.31. The molecule has 1 unspecified atom stereocenters. The highest BCUT2D eigenvalue weighted by Gasteiger charge is 2.18. The quantitative estimate of drug-likeness (QED) is 0.855. The molecule has 1 saturated carbocycles. The number of benzene rings is 1. The van der Waals surface area contributed by atoms with E-state index in [4.69, 9.17) is 4.74 Å². The van der Waals surface area contributed by atoms with Gasteiger partial charge in [0.2, 0.25) is 0 Å². The van der Waals surface area contributed by atoms with Gasteiger partial charge < -0.3 is 10.1 Å². The molecule has 0 aliphatic heterocycles. The molecular weight excluding hydrogens is 258 g/mol. The maximum Gasteiger partial charge on any atom is 0.0665 e. The fraction of sp³-hybridized carbons (Fsp3) is 0.684. The predicted molar refractivity (Wildman–Crippen MR) is 89.8 cm³/mol. The van der Waals surface area contributed by atoms with E-state index >= 15 is 0 Å². The highest BCUT2D eigenvalue weighted by molar-refractivity contribution is 5.29. The van der Waals surface area contributed by atoms with Crippen molar-refractivity contribution in [2.45, 2.75) is 70.4 Å². The Balaban J connectivity index is 1.93. The molecule has 1 aliphatic rings. The fourth-order valence-corrected chi connectivity index (χ4v) is 3.03. The van der Waals surface area contributed by atoms with Gasteiger partial charge in [-0.25, -0.2) is 0 Å². The summed E-state index contributed by atoms with van der Waals surface area (Å²) >= 11 is 0. The lowest BCUT2D eigenvalue weighted by Crippen LogP contribution is -2.26. The maximum atomic E-state index is 6.13. The van der Waals surface area contributed by atoms with Gasteiger partial charge in [0.05, 0.1) is 18.8 Å². The molecule has 2 rings (SSSR count). The van der Waals surface area contributed by atoms with Gasteiger partial charge in [0.1, 0.15) is 0 Å². The Bertz CT molecular complexity index is 412. The van der Waals surface area contributed by atoms with E-state index in [2.05, 4.69) is 50.4 Å². The zero-order valence-corrected chi connectivity index (χ0v) is 14.1. The van der Waals surface area contributed by atoms with Crippen LogP contribution in [0.15, 0.2) is 24.3 Å². The van der Waals surface area contributed by atoms with Gasteiger partial charge in [-0.1, -0.05) is 64.3 Å². The molecule has 2 heteroatoms. The lowest BCUT2D eigenvalue weighted by Gasteiger charge is -2.26. The summed E-state index contributed by atoms with van der Waals surface area (Å²) in [4.78, 5) is 0. The van der Waals surface area contributed by atoms with Gasteiger partial charge in [0.15, 0.2) is 0 Å². The van der Waals surface area contributed by atoms with E-state index in [0.717, 1.165) is 6.61 Å². The van der Waals surface area contributed by atoms with Crippen LogP contribution in [0.2, 0.25) is 0 Å². The Morgan fingerprint density at radius 1 is 1.10 bits per heavy atom. The van der Waals surface area contributed by atoms with Crippen LogP contribution in [0.3, 0.4) is 0 Å². The first-order valence-electron chi connectivity index (χ1n) is 8.40. The average Bonchev–Trinajstić information content (AvgIpc) is 2.48. The summed E-state index contributed by atoms with van der Waals surface area (Å²) in [5.74, 6) is 0. The Hall–Kier alpha value is -0.860. The molecule has 0 saturated heterocycles. The highest BCUT2D eigenvalue weighted by Crippen LogP contribution is 2.25. The van der Waals surface area contributed by atoms with Crippen molar-refractivity contribution in [2.24, 2.45) is 0 Å². The minimum Gasteiger partial charge on any atom is -0.376 e. The highest BCUT2D eigenvalue weighted by atomic mass is 16.5. The van der Waals surface area contributed by atoms with Gasteiger partial charge in [0, 0.05) is 0 Å². The molecule has 1 atom stereocenters. The molecule has 1 N–H and O–H groups in total. The van der Waals surface area contributed by atoms with E-state index < -0.39 is 0 Å². The van der Waals surface area contributed by atoms with Gasteiger partial charge in [-0.3, -0.25) is 0 Å². The Labute approximate surface area is 130 Å². The Kier molecular flexibility index (Phi) is 5.83. The lowest BCUT2D eigenvalue weighted by atomic mass is 9.86. The zero-order valence-electron chi connectivity index (χ0n) is 14.1. The van der Waals surface area contributed by atoms with Crippen LogP contribution in [-0.2, 0) is 10.2 Å². The second-order valence-corrected chi connectivity index (χ2v) is 7.31. The third kappa shape index (κ3) is 4.82. The van der Waals surface area contributed by atoms with Gasteiger partial charge in [0.25, 0.3) is 0 Å². The molecule has 1 fully saturated rings. The maximum absolute atomic E-state index is 6.13. The summed E-state index contributed by atoms with van der Waals surface area (Å²) in [6.07, 6.45) is 6.98. The van der Waals surface area contributed by atoms with Crippen molar-refractivity contribution >= 4 is 0 Å². The molecule has 1 aromatic rings. The van der Waals surface area contributed by atoms with Crippen molar-refractivity contribution in [3.63, 3.8) is 0 Å². The van der Waals surface area contributed by atoms with Crippen molar-refractivity contribution in [1.82, 2.24) is 5.32 Å². The van der Waals surface area contributed by atoms with Crippen molar-refractivity contribution in [2.75, 3.05) is 13.7 Å². The molecular formula is C19H31NO. The number of hydrogen-bond donors (Lipinski definition) is 1. The topological polar surface area (TPSA) is 21.3 Å². The fourth-order valence-electron chi connectivity index (χ4n) is 3.03. The first-order valence-corrected chi connectivity index (χ1v) is 8.40. The summed E-state index contributed by atoms with van der Waals surface area (Å²) in [5, 5.41) is 3.39. The number of likely N-dealkylation sites (N-methyl/N-ethyl adjacent to an activating group) is 1. The summed E-state index contributed by atoms with van der Waals surface area (Å²) < 4.78 is 6.13. The summed E-state index contributed by atoms with van der Waals surface area (Å²) in [6, 6.07) is 9.28. The van der Waals surface area contributed by atoms with E-state index in [1.54, 1.807) is 0 Å². The van der Waals surface area contributed by atoms with Crippen LogP contribution in [0.25, 0.3) is 0 Å². The predicted octanol–water partition coefficient (Wildman–Crippen LogP) is 4.59. The minimum absolute atomic E-state index is 0.215. The Morgan fingerprint density at radius 2 is 1.71 bits per heavy atom. The molecule has 118 valence electrons. The number of hydrogen-bond acceptors (Lipinski definition) is 2. The molecule has 0 aromatic heterocycles. The Morgan fingerprint density at radius 3 is 2.24 bits per heavy atom. The first-order chi connectivity index (χ1) is 10.0. The lowest BCUT2D eigenvalue weighted by molar-refractivity contribution is 0.0166. The summed E-state index contributed by atoms with van der Waals surface area (Å²) in [5.41, 5.74) is 2.92. The number of rotatable bonds is 5. The largest absolute Gasteiger partial charge is 0.376 e. The average molecular weight is 289 g/mol. The van der Waals surface area contributed by atoms with Crippen LogP contribution in [0, 0.1) is 0 Å². The molecule has 0 heterocycles. The molecule has 0 spiro atoms. The monoisotopic (exact) mass is 289 g/mol. The molecule has 0 radical (unpaired) electrons. The normalized spacial score (nSPS) is 18.7. The summed E-state index contributed by atoms with van der Waals surface area (Å²) in [7, 11) is 2.02. The van der Waals surface area contributed by atoms with Crippen molar-refractivity contribution in [3.05, 3.63) is 35.4 Å². The van der Waals surface area contributed by atoms with E-state index in [0.29, 0.717) is 12.1 Å². The van der Waals surface area contributed by atoms with Crippen LogP contribution in [0.4, 0.5) is 0 Å². The smallest absolute Gasteiger partial charge is 0.0665 e. The van der Waals surface area contributed by atoms with E-state index in [1.807, 2.05) is 7.05 Å². The zero-order chi connectivity index (χ0) is 15.3. The minimum atomic E-state index is 0.215. The number of nitrogens with one attached hydrogen (secondary N) is 1. The van der Waals surface area contributed by atoms with E-state index in [-0.39, 0.29) is 5.41 Å². The van der Waals surface area contributed by atoms with Crippen molar-refractivity contribution in [1.29, 1.82) is 0 Å². The molecule has 0 amide bonds.